The van der Waals surface area contributed by atoms with Crippen LogP contribution in [-0.2, 0) is 9.59 Å². The van der Waals surface area contributed by atoms with Gasteiger partial charge in [-0.2, -0.15) is 4.68 Å². The van der Waals surface area contributed by atoms with Gasteiger partial charge in [-0.05, 0) is 44.5 Å². The molecule has 0 aliphatic carbocycles. The predicted octanol–water partition coefficient (Wildman–Crippen LogP) is 3.75. The van der Waals surface area contributed by atoms with E-state index in [1.54, 1.807) is 13.0 Å². The average molecular weight is 433 g/mol. The van der Waals surface area contributed by atoms with Gasteiger partial charge >= 0.3 is 0 Å². The lowest BCUT2D eigenvalue weighted by atomic mass is 9.98. The molecule has 8 heteroatoms. The largest absolute Gasteiger partial charge is 0.293 e. The molecule has 0 radical (unpaired) electrons. The minimum absolute atomic E-state index is 0.0278. The van der Waals surface area contributed by atoms with Crippen LogP contribution in [0.2, 0.25) is 0 Å². The summed E-state index contributed by atoms with van der Waals surface area (Å²) in [6.45, 7) is 5.58. The SMILES string of the molecule is Cc1ccc(N2C(=O)C[C@H](c3c(C)[nH]n(-c4nc5ccccc5s4)c3=O)C2=O)c(C)c1. The molecule has 1 saturated heterocycles. The standard InChI is InChI=1S/C23H20N4O3S/c1-12-8-9-17(13(2)10-12)26-19(28)11-15(21(26)29)20-14(3)25-27(22(20)30)23-24-16-6-4-5-7-18(16)31-23/h4-10,15,25H,11H2,1-3H3/t15-/m1/s1. The Labute approximate surface area is 181 Å². The van der Waals surface area contributed by atoms with Crippen molar-refractivity contribution in [1.82, 2.24) is 14.8 Å². The van der Waals surface area contributed by atoms with Crippen molar-refractivity contribution in [2.45, 2.75) is 33.1 Å². The molecule has 2 aromatic heterocycles. The maximum atomic E-state index is 13.3. The molecule has 1 fully saturated rings. The number of rotatable bonds is 3. The zero-order chi connectivity index (χ0) is 21.9. The molecule has 0 bridgehead atoms. The van der Waals surface area contributed by atoms with E-state index in [2.05, 4.69) is 10.1 Å². The number of imide groups is 1. The van der Waals surface area contributed by atoms with Gasteiger partial charge in [-0.1, -0.05) is 41.2 Å². The highest BCUT2D eigenvalue weighted by Gasteiger charge is 2.43. The zero-order valence-corrected chi connectivity index (χ0v) is 18.1. The highest BCUT2D eigenvalue weighted by Crippen LogP contribution is 2.35. The van der Waals surface area contributed by atoms with Crippen LogP contribution < -0.4 is 10.5 Å². The Hall–Kier alpha value is -3.52. The monoisotopic (exact) mass is 432 g/mol. The quantitative estimate of drug-likeness (QED) is 0.500. The topological polar surface area (TPSA) is 88.1 Å². The van der Waals surface area contributed by atoms with Gasteiger partial charge in [0.25, 0.3) is 5.56 Å². The lowest BCUT2D eigenvalue weighted by molar-refractivity contribution is -0.121. The van der Waals surface area contributed by atoms with E-state index in [0.717, 1.165) is 21.3 Å². The number of benzene rings is 2. The number of carbonyl (C=O) groups is 2. The number of amides is 2. The van der Waals surface area contributed by atoms with Crippen LogP contribution in [-0.4, -0.2) is 26.6 Å². The third kappa shape index (κ3) is 3.02. The summed E-state index contributed by atoms with van der Waals surface area (Å²) in [6.07, 6.45) is -0.0278. The van der Waals surface area contributed by atoms with Crippen LogP contribution in [0.25, 0.3) is 15.3 Å². The van der Waals surface area contributed by atoms with E-state index in [4.69, 9.17) is 0 Å². The van der Waals surface area contributed by atoms with Gasteiger partial charge in [-0.3, -0.25) is 19.5 Å². The number of thiazole rings is 1. The van der Waals surface area contributed by atoms with Crippen LogP contribution in [0.4, 0.5) is 5.69 Å². The minimum atomic E-state index is -0.812. The Morgan fingerprint density at radius 3 is 2.58 bits per heavy atom. The van der Waals surface area contributed by atoms with Crippen LogP contribution in [0.3, 0.4) is 0 Å². The molecule has 0 unspecified atom stereocenters. The Bertz CT molecular complexity index is 1400. The third-order valence-corrected chi connectivity index (χ3v) is 6.70. The molecule has 4 aromatic rings. The molecule has 1 N–H and O–H groups in total. The van der Waals surface area contributed by atoms with Crippen molar-refractivity contribution in [3.05, 3.63) is 75.2 Å². The van der Waals surface area contributed by atoms with E-state index in [9.17, 15) is 14.4 Å². The lowest BCUT2D eigenvalue weighted by Crippen LogP contribution is -2.31. The average Bonchev–Trinajstić information content (AvgIpc) is 3.36. The summed E-state index contributed by atoms with van der Waals surface area (Å²) < 4.78 is 2.33. The summed E-state index contributed by atoms with van der Waals surface area (Å²) in [5, 5.41) is 3.55. The van der Waals surface area contributed by atoms with E-state index in [1.165, 1.54) is 20.9 Å². The Morgan fingerprint density at radius 2 is 1.84 bits per heavy atom. The lowest BCUT2D eigenvalue weighted by Gasteiger charge is -2.17. The highest BCUT2D eigenvalue weighted by molar-refractivity contribution is 7.20. The Morgan fingerprint density at radius 1 is 1.06 bits per heavy atom. The number of anilines is 1. The van der Waals surface area contributed by atoms with Gasteiger partial charge in [0, 0.05) is 12.1 Å². The summed E-state index contributed by atoms with van der Waals surface area (Å²) in [7, 11) is 0. The van der Waals surface area contributed by atoms with Gasteiger partial charge in [0.05, 0.1) is 27.4 Å². The van der Waals surface area contributed by atoms with Crippen molar-refractivity contribution in [2.75, 3.05) is 4.90 Å². The summed E-state index contributed by atoms with van der Waals surface area (Å²) in [5.74, 6) is -1.48. The Balaban J connectivity index is 1.56. The summed E-state index contributed by atoms with van der Waals surface area (Å²) >= 11 is 1.39. The predicted molar refractivity (Wildman–Crippen MR) is 120 cm³/mol. The second kappa shape index (κ2) is 7.02. The number of fused-ring (bicyclic) bond motifs is 1. The van der Waals surface area contributed by atoms with E-state index in [0.29, 0.717) is 22.1 Å². The summed E-state index contributed by atoms with van der Waals surface area (Å²) in [5.41, 5.74) is 3.82. The van der Waals surface area contributed by atoms with Crippen molar-refractivity contribution < 1.29 is 9.59 Å². The van der Waals surface area contributed by atoms with Gasteiger partial charge in [-0.15, -0.1) is 0 Å². The molecule has 0 saturated carbocycles. The van der Waals surface area contributed by atoms with Crippen molar-refractivity contribution in [1.29, 1.82) is 0 Å². The molecule has 1 aliphatic heterocycles. The van der Waals surface area contributed by atoms with Gasteiger partial charge in [-0.25, -0.2) is 9.88 Å². The fourth-order valence-electron chi connectivity index (χ4n) is 4.23. The van der Waals surface area contributed by atoms with E-state index in [-0.39, 0.29) is 23.8 Å². The first kappa shape index (κ1) is 19.4. The number of nitrogens with one attached hydrogen (secondary N) is 1. The minimum Gasteiger partial charge on any atom is -0.293 e. The van der Waals surface area contributed by atoms with Crippen molar-refractivity contribution in [3.8, 4) is 5.13 Å². The first-order chi connectivity index (χ1) is 14.8. The van der Waals surface area contributed by atoms with Gasteiger partial charge < -0.3 is 0 Å². The van der Waals surface area contributed by atoms with Gasteiger partial charge in [0.1, 0.15) is 0 Å². The van der Waals surface area contributed by atoms with Gasteiger partial charge in [0.15, 0.2) is 0 Å². The number of hydrogen-bond donors (Lipinski definition) is 1. The maximum Gasteiger partial charge on any atom is 0.277 e. The molecule has 1 atom stereocenters. The molecule has 2 aromatic carbocycles. The number of nitrogens with zero attached hydrogens (tertiary/aromatic N) is 3. The molecule has 1 aliphatic rings. The van der Waals surface area contributed by atoms with E-state index in [1.807, 2.05) is 50.2 Å². The molecular weight excluding hydrogens is 412 g/mol. The number of carbonyl (C=O) groups excluding carboxylic acids is 2. The maximum absolute atomic E-state index is 13.3. The fourth-order valence-corrected chi connectivity index (χ4v) is 5.15. The molecule has 156 valence electrons. The van der Waals surface area contributed by atoms with Crippen molar-refractivity contribution in [2.24, 2.45) is 0 Å². The number of aromatic nitrogens is 3. The highest BCUT2D eigenvalue weighted by atomic mass is 32.1. The molecule has 0 spiro atoms. The smallest absolute Gasteiger partial charge is 0.277 e. The number of aromatic amines is 1. The molecule has 7 nitrogen and oxygen atoms in total. The fraction of sp³-hybridized carbons (Fsp3) is 0.217. The molecule has 31 heavy (non-hydrogen) atoms. The second-order valence-electron chi connectivity index (χ2n) is 7.87. The third-order valence-electron chi connectivity index (χ3n) is 5.68. The van der Waals surface area contributed by atoms with Crippen LogP contribution in [0.5, 0.6) is 0 Å². The van der Waals surface area contributed by atoms with Crippen LogP contribution >= 0.6 is 11.3 Å². The Kier molecular flexibility index (Phi) is 4.40. The molecule has 5 rings (SSSR count). The van der Waals surface area contributed by atoms with Crippen molar-refractivity contribution >= 4 is 39.1 Å². The van der Waals surface area contributed by atoms with Crippen molar-refractivity contribution in [3.63, 3.8) is 0 Å². The number of hydrogen-bond acceptors (Lipinski definition) is 5. The molecular formula is C23H20N4O3S. The second-order valence-corrected chi connectivity index (χ2v) is 8.88. The van der Waals surface area contributed by atoms with E-state index >= 15 is 0 Å². The van der Waals surface area contributed by atoms with E-state index < -0.39 is 5.92 Å². The van der Waals surface area contributed by atoms with Crippen LogP contribution in [0.15, 0.2) is 47.3 Å². The van der Waals surface area contributed by atoms with Crippen LogP contribution in [0.1, 0.15) is 34.7 Å². The number of aryl methyl sites for hydroxylation is 3. The molecule has 2 amide bonds. The summed E-state index contributed by atoms with van der Waals surface area (Å²) in [6, 6.07) is 13.2. The van der Waals surface area contributed by atoms with Crippen LogP contribution in [0, 0.1) is 20.8 Å². The zero-order valence-electron chi connectivity index (χ0n) is 17.3. The van der Waals surface area contributed by atoms with Gasteiger partial charge in [0.2, 0.25) is 16.9 Å². The first-order valence-electron chi connectivity index (χ1n) is 9.96. The number of H-pyrrole nitrogens is 1. The number of para-hydroxylation sites is 1. The normalized spacial score (nSPS) is 16.6. The molecule has 3 heterocycles. The first-order valence-corrected chi connectivity index (χ1v) is 10.8. The summed E-state index contributed by atoms with van der Waals surface area (Å²) in [4.78, 5) is 45.1.